The maximum absolute atomic E-state index is 13.5. The fourth-order valence-electron chi connectivity index (χ4n) is 3.99. The predicted octanol–water partition coefficient (Wildman–Crippen LogP) is 3.77. The number of pyridine rings is 1. The number of carbonyl (C=O) groups is 1. The van der Waals surface area contributed by atoms with E-state index in [0.29, 0.717) is 17.9 Å². The van der Waals surface area contributed by atoms with Crippen LogP contribution in [0.5, 0.6) is 0 Å². The van der Waals surface area contributed by atoms with Gasteiger partial charge in [0.25, 0.3) is 5.91 Å². The van der Waals surface area contributed by atoms with Crippen molar-refractivity contribution in [3.8, 4) is 11.1 Å². The molecule has 1 unspecified atom stereocenters. The molecular formula is C24H26N4O. The zero-order valence-electron chi connectivity index (χ0n) is 16.9. The number of piperazine rings is 1. The highest BCUT2D eigenvalue weighted by Crippen LogP contribution is 2.29. The van der Waals surface area contributed by atoms with Crippen molar-refractivity contribution in [2.24, 2.45) is 0 Å². The minimum Gasteiger partial charge on any atom is -0.384 e. The van der Waals surface area contributed by atoms with Crippen LogP contribution < -0.4 is 5.73 Å². The Balaban J connectivity index is 1.66. The summed E-state index contributed by atoms with van der Waals surface area (Å²) in [7, 11) is 2.11. The predicted molar refractivity (Wildman–Crippen MR) is 117 cm³/mol. The monoisotopic (exact) mass is 386 g/mol. The van der Waals surface area contributed by atoms with Gasteiger partial charge < -0.3 is 15.5 Å². The number of rotatable bonds is 3. The third-order valence-corrected chi connectivity index (χ3v) is 5.58. The number of benzene rings is 2. The number of hydrogen-bond donors (Lipinski definition) is 1. The molecule has 4 rings (SSSR count). The van der Waals surface area contributed by atoms with Crippen molar-refractivity contribution in [2.75, 3.05) is 32.4 Å². The van der Waals surface area contributed by atoms with Crippen molar-refractivity contribution in [1.29, 1.82) is 0 Å². The molecule has 2 aromatic carbocycles. The van der Waals surface area contributed by atoms with Crippen molar-refractivity contribution in [1.82, 2.24) is 14.8 Å². The van der Waals surface area contributed by atoms with E-state index in [1.807, 2.05) is 60.4 Å². The van der Waals surface area contributed by atoms with Gasteiger partial charge in [0, 0.05) is 37.0 Å². The molecule has 0 saturated carbocycles. The largest absolute Gasteiger partial charge is 0.384 e. The minimum absolute atomic E-state index is 0.0473. The molecule has 1 atom stereocenters. The zero-order chi connectivity index (χ0) is 20.4. The first kappa shape index (κ1) is 19.2. The first-order valence-electron chi connectivity index (χ1n) is 9.90. The molecular weight excluding hydrogens is 360 g/mol. The normalized spacial score (nSPS) is 17.3. The lowest BCUT2D eigenvalue weighted by atomic mass is 9.98. The highest BCUT2D eigenvalue weighted by molar-refractivity contribution is 5.96. The van der Waals surface area contributed by atoms with Crippen LogP contribution in [0.2, 0.25) is 0 Å². The Labute approximate surface area is 171 Å². The molecule has 0 aliphatic carbocycles. The SMILES string of the molecule is Cc1cc(N)ncc1-c1cccc(C(=O)N2CCN(C)CC2c2ccccc2)c1. The smallest absolute Gasteiger partial charge is 0.254 e. The molecule has 3 aromatic rings. The van der Waals surface area contributed by atoms with Crippen molar-refractivity contribution in [3.63, 3.8) is 0 Å². The van der Waals surface area contributed by atoms with E-state index in [1.165, 1.54) is 5.56 Å². The van der Waals surface area contributed by atoms with Crippen molar-refractivity contribution < 1.29 is 4.79 Å². The number of nitrogens with zero attached hydrogens (tertiary/aromatic N) is 3. The van der Waals surface area contributed by atoms with Crippen LogP contribution in [-0.4, -0.2) is 47.4 Å². The lowest BCUT2D eigenvalue weighted by Crippen LogP contribution is -2.49. The van der Waals surface area contributed by atoms with Gasteiger partial charge in [-0.1, -0.05) is 42.5 Å². The standard InChI is InChI=1S/C24H26N4O/c1-17-13-23(25)26-15-21(17)19-9-6-10-20(14-19)24(29)28-12-11-27(2)16-22(28)18-7-4-3-5-8-18/h3-10,13-15,22H,11-12,16H2,1-2H3,(H2,25,26). The van der Waals surface area contributed by atoms with Crippen LogP contribution in [0.3, 0.4) is 0 Å². The molecule has 2 heterocycles. The van der Waals surface area contributed by atoms with Crippen LogP contribution in [0, 0.1) is 6.92 Å². The van der Waals surface area contributed by atoms with Crippen LogP contribution in [0.15, 0.2) is 66.9 Å². The van der Waals surface area contributed by atoms with Gasteiger partial charge in [0.1, 0.15) is 5.82 Å². The molecule has 148 valence electrons. The van der Waals surface area contributed by atoms with Gasteiger partial charge in [-0.15, -0.1) is 0 Å². The number of nitrogen functional groups attached to an aromatic ring is 1. The van der Waals surface area contributed by atoms with E-state index in [1.54, 1.807) is 6.20 Å². The van der Waals surface area contributed by atoms with Gasteiger partial charge in [0.2, 0.25) is 0 Å². The molecule has 1 aromatic heterocycles. The number of nitrogens with two attached hydrogens (primary N) is 1. The molecule has 5 heteroatoms. The molecule has 29 heavy (non-hydrogen) atoms. The Morgan fingerprint density at radius 2 is 1.86 bits per heavy atom. The van der Waals surface area contributed by atoms with E-state index in [2.05, 4.69) is 29.1 Å². The molecule has 0 radical (unpaired) electrons. The highest BCUT2D eigenvalue weighted by Gasteiger charge is 2.30. The fraction of sp³-hybridized carbons (Fsp3) is 0.250. The number of aryl methyl sites for hydroxylation is 1. The van der Waals surface area contributed by atoms with E-state index in [0.717, 1.165) is 29.8 Å². The van der Waals surface area contributed by atoms with E-state index in [9.17, 15) is 4.79 Å². The van der Waals surface area contributed by atoms with Crippen molar-refractivity contribution in [3.05, 3.63) is 83.6 Å². The lowest BCUT2D eigenvalue weighted by Gasteiger charge is -2.40. The van der Waals surface area contributed by atoms with Gasteiger partial charge >= 0.3 is 0 Å². The average Bonchev–Trinajstić information content (AvgIpc) is 2.74. The lowest BCUT2D eigenvalue weighted by molar-refractivity contribution is 0.0498. The highest BCUT2D eigenvalue weighted by atomic mass is 16.2. The number of aromatic nitrogens is 1. The van der Waals surface area contributed by atoms with E-state index >= 15 is 0 Å². The van der Waals surface area contributed by atoms with E-state index in [4.69, 9.17) is 5.73 Å². The van der Waals surface area contributed by atoms with Gasteiger partial charge in [-0.25, -0.2) is 4.98 Å². The van der Waals surface area contributed by atoms with Gasteiger partial charge in [-0.3, -0.25) is 4.79 Å². The first-order chi connectivity index (χ1) is 14.0. The van der Waals surface area contributed by atoms with Gasteiger partial charge in [-0.05, 0) is 48.9 Å². The van der Waals surface area contributed by atoms with Crippen LogP contribution in [-0.2, 0) is 0 Å². The van der Waals surface area contributed by atoms with Crippen LogP contribution in [0.4, 0.5) is 5.82 Å². The summed E-state index contributed by atoms with van der Waals surface area (Å²) in [5, 5.41) is 0. The van der Waals surface area contributed by atoms with Gasteiger partial charge in [0.05, 0.1) is 6.04 Å². The summed E-state index contributed by atoms with van der Waals surface area (Å²) in [6.45, 7) is 4.42. The third kappa shape index (κ3) is 4.00. The number of hydrogen-bond acceptors (Lipinski definition) is 4. The summed E-state index contributed by atoms with van der Waals surface area (Å²) in [5.41, 5.74) is 10.7. The van der Waals surface area contributed by atoms with Crippen molar-refractivity contribution >= 4 is 11.7 Å². The molecule has 0 bridgehead atoms. The van der Waals surface area contributed by atoms with Crippen LogP contribution in [0.25, 0.3) is 11.1 Å². The second-order valence-corrected chi connectivity index (χ2v) is 7.69. The maximum atomic E-state index is 13.5. The Hall–Kier alpha value is -3.18. The second kappa shape index (κ2) is 8.05. The number of carbonyl (C=O) groups excluding carboxylic acids is 1. The quantitative estimate of drug-likeness (QED) is 0.744. The summed E-state index contributed by atoms with van der Waals surface area (Å²) in [5.74, 6) is 0.566. The van der Waals surface area contributed by atoms with E-state index in [-0.39, 0.29) is 11.9 Å². The van der Waals surface area contributed by atoms with Crippen LogP contribution >= 0.6 is 0 Å². The molecule has 1 aliphatic heterocycles. The number of amides is 1. The van der Waals surface area contributed by atoms with Gasteiger partial charge in [0.15, 0.2) is 0 Å². The maximum Gasteiger partial charge on any atom is 0.254 e. The molecule has 0 spiro atoms. The zero-order valence-corrected chi connectivity index (χ0v) is 16.9. The summed E-state index contributed by atoms with van der Waals surface area (Å²) in [6, 6.07) is 20.0. The Kier molecular flexibility index (Phi) is 5.32. The minimum atomic E-state index is 0.0473. The van der Waals surface area contributed by atoms with Crippen LogP contribution in [0.1, 0.15) is 27.5 Å². The molecule has 1 aliphatic rings. The molecule has 1 amide bonds. The Bertz CT molecular complexity index is 1020. The topological polar surface area (TPSA) is 62.5 Å². The number of anilines is 1. The number of likely N-dealkylation sites (N-methyl/N-ethyl adjacent to an activating group) is 1. The summed E-state index contributed by atoms with van der Waals surface area (Å²) >= 11 is 0. The molecule has 1 saturated heterocycles. The molecule has 5 nitrogen and oxygen atoms in total. The molecule has 2 N–H and O–H groups in total. The summed E-state index contributed by atoms with van der Waals surface area (Å²) in [4.78, 5) is 22.0. The fourth-order valence-corrected chi connectivity index (χ4v) is 3.99. The van der Waals surface area contributed by atoms with Crippen molar-refractivity contribution in [2.45, 2.75) is 13.0 Å². The second-order valence-electron chi connectivity index (χ2n) is 7.69. The third-order valence-electron chi connectivity index (χ3n) is 5.58. The average molecular weight is 386 g/mol. The Morgan fingerprint density at radius 3 is 2.62 bits per heavy atom. The first-order valence-corrected chi connectivity index (χ1v) is 9.90. The van der Waals surface area contributed by atoms with E-state index < -0.39 is 0 Å². The molecule has 1 fully saturated rings. The summed E-state index contributed by atoms with van der Waals surface area (Å²) in [6.07, 6.45) is 1.77. The Morgan fingerprint density at radius 1 is 1.07 bits per heavy atom. The summed E-state index contributed by atoms with van der Waals surface area (Å²) < 4.78 is 0. The van der Waals surface area contributed by atoms with Gasteiger partial charge in [-0.2, -0.15) is 0 Å².